The lowest BCUT2D eigenvalue weighted by Gasteiger charge is -2.23. The van der Waals surface area contributed by atoms with Crippen LogP contribution in [0.3, 0.4) is 0 Å². The Morgan fingerprint density at radius 1 is 0.846 bits per heavy atom. The summed E-state index contributed by atoms with van der Waals surface area (Å²) in [5.41, 5.74) is 1.28. The van der Waals surface area contributed by atoms with Gasteiger partial charge in [0.1, 0.15) is 0 Å². The van der Waals surface area contributed by atoms with Crippen LogP contribution in [-0.4, -0.2) is 32.1 Å². The van der Waals surface area contributed by atoms with E-state index in [0.717, 1.165) is 27.3 Å². The highest BCUT2D eigenvalue weighted by Gasteiger charge is 2.46. The summed E-state index contributed by atoms with van der Waals surface area (Å²) in [6.07, 6.45) is 1.65. The van der Waals surface area contributed by atoms with Gasteiger partial charge in [-0.2, -0.15) is 10.0 Å². The summed E-state index contributed by atoms with van der Waals surface area (Å²) >= 11 is 12.1. The zero-order chi connectivity index (χ0) is 18.4. The summed E-state index contributed by atoms with van der Waals surface area (Å²) in [6.45, 7) is 0. The number of thioether (sulfide) groups is 1. The lowest BCUT2D eigenvalue weighted by atomic mass is 10.1. The van der Waals surface area contributed by atoms with Crippen LogP contribution in [-0.2, 0) is 4.79 Å². The van der Waals surface area contributed by atoms with Crippen LogP contribution in [0.4, 0.5) is 0 Å². The quantitative estimate of drug-likeness (QED) is 0.436. The first-order chi connectivity index (χ1) is 12.5. The van der Waals surface area contributed by atoms with Crippen LogP contribution < -0.4 is 0 Å². The monoisotopic (exact) mass is 400 g/mol. The topological polar surface area (TPSA) is 57.7 Å². The molecule has 0 unspecified atom stereocenters. The minimum Gasteiger partial charge on any atom is -0.267 e. The van der Waals surface area contributed by atoms with Gasteiger partial charge in [0.2, 0.25) is 0 Å². The number of carbonyl (C=O) groups is 3. The molecular formula is C18H9ClN2O3S2. The van der Waals surface area contributed by atoms with Crippen molar-refractivity contribution >= 4 is 63.7 Å². The third-order valence-corrected chi connectivity index (χ3v) is 5.45. The maximum absolute atomic E-state index is 12.8. The molecule has 0 saturated carbocycles. The Morgan fingerprint density at radius 2 is 1.42 bits per heavy atom. The number of nitrogens with zero attached hydrogens (tertiary/aromatic N) is 2. The number of fused-ring (bicyclic) bond motifs is 1. The average Bonchev–Trinajstić information content (AvgIpc) is 3.04. The van der Waals surface area contributed by atoms with Crippen LogP contribution in [0.25, 0.3) is 6.08 Å². The molecule has 128 valence electrons. The molecule has 1 saturated heterocycles. The number of rotatable bonds is 2. The molecule has 0 aliphatic carbocycles. The minimum atomic E-state index is -0.561. The molecule has 2 aromatic carbocycles. The highest BCUT2D eigenvalue weighted by molar-refractivity contribution is 8.26. The van der Waals surface area contributed by atoms with Gasteiger partial charge in [-0.3, -0.25) is 14.4 Å². The molecule has 2 heterocycles. The Hall–Kier alpha value is -2.48. The number of halogens is 1. The largest absolute Gasteiger partial charge is 0.285 e. The predicted molar refractivity (Wildman–Crippen MR) is 103 cm³/mol. The lowest BCUT2D eigenvalue weighted by Crippen LogP contribution is -2.48. The van der Waals surface area contributed by atoms with E-state index in [1.807, 2.05) is 0 Å². The molecular weight excluding hydrogens is 392 g/mol. The van der Waals surface area contributed by atoms with Gasteiger partial charge in [0.15, 0.2) is 4.32 Å². The number of imide groups is 1. The van der Waals surface area contributed by atoms with Crippen LogP contribution in [0.5, 0.6) is 0 Å². The number of carbonyl (C=O) groups excluding carboxylic acids is 3. The van der Waals surface area contributed by atoms with Crippen molar-refractivity contribution in [2.24, 2.45) is 0 Å². The van der Waals surface area contributed by atoms with E-state index in [2.05, 4.69) is 0 Å². The zero-order valence-corrected chi connectivity index (χ0v) is 15.4. The fourth-order valence-corrected chi connectivity index (χ4v) is 4.07. The Labute approximate surface area is 163 Å². The van der Waals surface area contributed by atoms with E-state index in [-0.39, 0.29) is 15.4 Å². The third-order valence-electron chi connectivity index (χ3n) is 3.91. The molecule has 0 radical (unpaired) electrons. The van der Waals surface area contributed by atoms with E-state index in [0.29, 0.717) is 9.93 Å². The summed E-state index contributed by atoms with van der Waals surface area (Å²) in [7, 11) is 0. The van der Waals surface area contributed by atoms with E-state index in [4.69, 9.17) is 23.8 Å². The van der Waals surface area contributed by atoms with Gasteiger partial charge in [-0.1, -0.05) is 47.6 Å². The van der Waals surface area contributed by atoms with Gasteiger partial charge >= 0.3 is 0 Å². The SMILES string of the molecule is O=C1C(=Cc2ccc(Cl)cc2)SC(=S)N1N1C(=O)c2ccccc2C1=O. The van der Waals surface area contributed by atoms with E-state index in [1.165, 1.54) is 0 Å². The van der Waals surface area contributed by atoms with Crippen molar-refractivity contribution in [1.29, 1.82) is 0 Å². The van der Waals surface area contributed by atoms with Crippen molar-refractivity contribution in [3.63, 3.8) is 0 Å². The molecule has 3 amide bonds. The molecule has 0 atom stereocenters. The van der Waals surface area contributed by atoms with Crippen molar-refractivity contribution in [2.45, 2.75) is 0 Å². The molecule has 0 spiro atoms. The second kappa shape index (κ2) is 6.35. The highest BCUT2D eigenvalue weighted by atomic mass is 35.5. The van der Waals surface area contributed by atoms with Gasteiger partial charge < -0.3 is 0 Å². The number of hydrogen-bond acceptors (Lipinski definition) is 5. The predicted octanol–water partition coefficient (Wildman–Crippen LogP) is 3.75. The van der Waals surface area contributed by atoms with Gasteiger partial charge in [-0.15, -0.1) is 0 Å². The van der Waals surface area contributed by atoms with Gasteiger partial charge in [0.05, 0.1) is 16.0 Å². The Kier molecular flexibility index (Phi) is 4.14. The third kappa shape index (κ3) is 2.65. The minimum absolute atomic E-state index is 0.129. The molecule has 8 heteroatoms. The zero-order valence-electron chi connectivity index (χ0n) is 13.0. The van der Waals surface area contributed by atoms with E-state index in [1.54, 1.807) is 54.6 Å². The van der Waals surface area contributed by atoms with Crippen molar-refractivity contribution in [3.8, 4) is 0 Å². The Balaban J connectivity index is 1.68. The molecule has 5 nitrogen and oxygen atoms in total. The number of thiocarbonyl (C=S) groups is 1. The second-order valence-corrected chi connectivity index (χ2v) is 7.62. The first kappa shape index (κ1) is 17.0. The highest BCUT2D eigenvalue weighted by Crippen LogP contribution is 2.36. The molecule has 2 aromatic rings. The summed E-state index contributed by atoms with van der Waals surface area (Å²) in [5, 5.41) is 2.36. The fourth-order valence-electron chi connectivity index (χ4n) is 2.70. The number of hydrazine groups is 1. The summed E-state index contributed by atoms with van der Waals surface area (Å²) in [4.78, 5) is 38.3. The molecule has 0 aromatic heterocycles. The summed E-state index contributed by atoms with van der Waals surface area (Å²) in [6, 6.07) is 13.4. The van der Waals surface area contributed by atoms with Crippen molar-refractivity contribution < 1.29 is 14.4 Å². The van der Waals surface area contributed by atoms with Crippen molar-refractivity contribution in [3.05, 3.63) is 75.1 Å². The van der Waals surface area contributed by atoms with Gasteiger partial charge in [-0.05, 0) is 48.1 Å². The van der Waals surface area contributed by atoms with Gasteiger partial charge in [0, 0.05) is 5.02 Å². The average molecular weight is 401 g/mol. The van der Waals surface area contributed by atoms with E-state index in [9.17, 15) is 14.4 Å². The van der Waals surface area contributed by atoms with Crippen LogP contribution in [0.2, 0.25) is 5.02 Å². The standard InChI is InChI=1S/C18H9ClN2O3S2/c19-11-7-5-10(6-8-11)9-14-17(24)21(18(25)26-14)20-15(22)12-3-1-2-4-13(12)16(20)23/h1-9H. The molecule has 4 rings (SSSR count). The fraction of sp³-hybridized carbons (Fsp3) is 0. The maximum atomic E-state index is 12.8. The lowest BCUT2D eigenvalue weighted by molar-refractivity contribution is -0.128. The Morgan fingerprint density at radius 3 is 2.00 bits per heavy atom. The van der Waals surface area contributed by atoms with Crippen LogP contribution in [0.1, 0.15) is 26.3 Å². The van der Waals surface area contributed by atoms with E-state index < -0.39 is 17.7 Å². The number of hydrogen-bond donors (Lipinski definition) is 0. The number of benzene rings is 2. The molecule has 0 bridgehead atoms. The van der Waals surface area contributed by atoms with Crippen LogP contribution >= 0.6 is 35.6 Å². The molecule has 2 aliphatic rings. The van der Waals surface area contributed by atoms with Crippen LogP contribution in [0, 0.1) is 0 Å². The second-order valence-electron chi connectivity index (χ2n) is 5.51. The first-order valence-electron chi connectivity index (χ1n) is 7.48. The van der Waals surface area contributed by atoms with Crippen molar-refractivity contribution in [1.82, 2.24) is 10.0 Å². The maximum Gasteiger partial charge on any atom is 0.285 e. The molecule has 26 heavy (non-hydrogen) atoms. The summed E-state index contributed by atoms with van der Waals surface area (Å²) < 4.78 is 0.129. The Bertz CT molecular complexity index is 982. The normalized spacial score (nSPS) is 18.3. The summed E-state index contributed by atoms with van der Waals surface area (Å²) in [5.74, 6) is -1.63. The van der Waals surface area contributed by atoms with Crippen LogP contribution in [0.15, 0.2) is 53.4 Å². The van der Waals surface area contributed by atoms with Gasteiger partial charge in [0.25, 0.3) is 17.7 Å². The van der Waals surface area contributed by atoms with E-state index >= 15 is 0 Å². The smallest absolute Gasteiger partial charge is 0.267 e. The molecule has 2 aliphatic heterocycles. The van der Waals surface area contributed by atoms with Gasteiger partial charge in [-0.25, -0.2) is 0 Å². The number of amides is 3. The molecule has 1 fully saturated rings. The first-order valence-corrected chi connectivity index (χ1v) is 9.09. The molecule has 0 N–H and O–H groups in total. The van der Waals surface area contributed by atoms with Crippen molar-refractivity contribution in [2.75, 3.05) is 0 Å².